The van der Waals surface area contributed by atoms with E-state index >= 15 is 0 Å². The van der Waals surface area contributed by atoms with Crippen LogP contribution in [0.25, 0.3) is 0 Å². The number of nitrogens with one attached hydrogen (secondary N) is 1. The van der Waals surface area contributed by atoms with E-state index in [9.17, 15) is 15.0 Å². The van der Waals surface area contributed by atoms with Crippen molar-refractivity contribution < 1.29 is 15.0 Å². The molecular formula is C73H123NO3. The molecule has 438 valence electrons. The number of carbonyl (C=O) groups is 1. The summed E-state index contributed by atoms with van der Waals surface area (Å²) in [5.41, 5.74) is 0. The third kappa shape index (κ3) is 63.0. The van der Waals surface area contributed by atoms with Gasteiger partial charge in [-0.1, -0.05) is 327 Å². The van der Waals surface area contributed by atoms with Crippen LogP contribution in [-0.4, -0.2) is 34.9 Å². The molecule has 0 saturated heterocycles. The molecule has 0 aliphatic heterocycles. The number of hydrogen-bond donors (Lipinski definition) is 3. The van der Waals surface area contributed by atoms with E-state index in [1.165, 1.54) is 161 Å². The smallest absolute Gasteiger partial charge is 0.220 e. The summed E-state index contributed by atoms with van der Waals surface area (Å²) in [6.07, 6.45) is 105. The summed E-state index contributed by atoms with van der Waals surface area (Å²) in [5, 5.41) is 23.2. The van der Waals surface area contributed by atoms with E-state index in [1.807, 2.05) is 6.08 Å². The zero-order valence-electron chi connectivity index (χ0n) is 50.4. The number of amides is 1. The molecule has 0 saturated carbocycles. The maximum absolute atomic E-state index is 12.5. The van der Waals surface area contributed by atoms with Crippen molar-refractivity contribution in [2.45, 2.75) is 302 Å². The lowest BCUT2D eigenvalue weighted by Crippen LogP contribution is -2.45. The van der Waals surface area contributed by atoms with Gasteiger partial charge in [0, 0.05) is 6.42 Å². The van der Waals surface area contributed by atoms with Gasteiger partial charge in [-0.15, -0.1) is 0 Å². The Bertz CT molecular complexity index is 1580. The number of aliphatic hydroxyl groups is 2. The van der Waals surface area contributed by atoms with Gasteiger partial charge in [-0.05, 0) is 103 Å². The van der Waals surface area contributed by atoms with Gasteiger partial charge in [0.2, 0.25) is 5.91 Å². The Balaban J connectivity index is 3.65. The van der Waals surface area contributed by atoms with Crippen LogP contribution in [0.4, 0.5) is 0 Å². The zero-order chi connectivity index (χ0) is 55.5. The van der Waals surface area contributed by atoms with Crippen molar-refractivity contribution in [1.82, 2.24) is 5.32 Å². The molecule has 0 fully saturated rings. The Kier molecular flexibility index (Phi) is 63.3. The standard InChI is InChI=1S/C73H123NO3/c1-3-5-7-9-11-13-15-17-19-21-23-25-27-29-31-33-34-35-36-37-38-39-40-41-43-45-47-49-51-53-55-57-59-61-63-65-67-69-73(77)74-71(70-75)72(76)68-66-64-62-60-58-56-54-52-50-48-46-44-42-32-30-28-26-24-22-20-18-16-14-12-10-8-6-4-2/h5,7,11,13,17,19,23,25,29,31,34-35,37-38,40-41,45,47,51,53,57,59,66,68,71-72,75-76H,3-4,6,8-10,12,14-16,18,20-22,24,26-28,30,32-33,36,39,42-44,46,48-50,52,54-56,58,60-65,67,69-70H2,1-2H3,(H,74,77)/b7-5-,13-11-,19-17-,25-23-,31-29-,35-34-,38-37-,41-40-,47-45-,53-51-,59-57-,68-66+. The predicted octanol–water partition coefficient (Wildman–Crippen LogP) is 22.3. The normalized spacial score (nSPS) is 13.8. The number of allylic oxidation sites excluding steroid dienone is 23. The van der Waals surface area contributed by atoms with Crippen LogP contribution in [0.3, 0.4) is 0 Å². The van der Waals surface area contributed by atoms with Crippen LogP contribution in [0.2, 0.25) is 0 Å². The SMILES string of the molecule is CC/C=C\C/C=C\C/C=C\C/C=C\C/C=C\C/C=C\C/C=C\C/C=C\C/C=C\C/C=C\C/C=C\CCCCCC(=O)NC(CO)C(O)/C=C/CCCCCCCCCCCCCCCCCCCCCCCCCCCC. The van der Waals surface area contributed by atoms with Gasteiger partial charge in [0.05, 0.1) is 18.8 Å². The molecule has 0 spiro atoms. The van der Waals surface area contributed by atoms with Gasteiger partial charge < -0.3 is 15.5 Å². The minimum Gasteiger partial charge on any atom is -0.394 e. The van der Waals surface area contributed by atoms with Crippen molar-refractivity contribution >= 4 is 5.91 Å². The van der Waals surface area contributed by atoms with Crippen LogP contribution in [0.1, 0.15) is 290 Å². The van der Waals surface area contributed by atoms with Crippen LogP contribution < -0.4 is 5.32 Å². The highest BCUT2D eigenvalue weighted by Crippen LogP contribution is 2.17. The summed E-state index contributed by atoms with van der Waals surface area (Å²) in [6.45, 7) is 4.20. The summed E-state index contributed by atoms with van der Waals surface area (Å²) in [5.74, 6) is -0.0989. The molecule has 0 aliphatic rings. The lowest BCUT2D eigenvalue weighted by atomic mass is 10.0. The highest BCUT2D eigenvalue weighted by molar-refractivity contribution is 5.76. The second-order valence-corrected chi connectivity index (χ2v) is 21.5. The maximum Gasteiger partial charge on any atom is 0.220 e. The van der Waals surface area contributed by atoms with E-state index in [-0.39, 0.29) is 12.5 Å². The fraction of sp³-hybridized carbons (Fsp3) is 0.658. The Morgan fingerprint density at radius 2 is 0.571 bits per heavy atom. The van der Waals surface area contributed by atoms with Crippen molar-refractivity contribution in [2.24, 2.45) is 0 Å². The second kappa shape index (κ2) is 66.5. The van der Waals surface area contributed by atoms with E-state index in [1.54, 1.807) is 6.08 Å². The summed E-state index contributed by atoms with van der Waals surface area (Å²) < 4.78 is 0. The maximum atomic E-state index is 12.5. The van der Waals surface area contributed by atoms with Crippen molar-refractivity contribution in [2.75, 3.05) is 6.61 Å². The molecule has 0 aromatic carbocycles. The molecule has 0 heterocycles. The molecule has 0 aromatic heterocycles. The van der Waals surface area contributed by atoms with Crippen LogP contribution in [0.15, 0.2) is 146 Å². The molecule has 0 bridgehead atoms. The molecule has 4 heteroatoms. The van der Waals surface area contributed by atoms with Gasteiger partial charge in [0.1, 0.15) is 0 Å². The third-order valence-corrected chi connectivity index (χ3v) is 14.1. The van der Waals surface area contributed by atoms with E-state index < -0.39 is 12.1 Å². The first kappa shape index (κ1) is 73.3. The molecular weight excluding hydrogens is 939 g/mol. The predicted molar refractivity (Wildman–Crippen MR) is 345 cm³/mol. The molecule has 0 aliphatic carbocycles. The van der Waals surface area contributed by atoms with Gasteiger partial charge >= 0.3 is 0 Å². The summed E-state index contributed by atoms with van der Waals surface area (Å²) in [4.78, 5) is 12.5. The highest BCUT2D eigenvalue weighted by atomic mass is 16.3. The van der Waals surface area contributed by atoms with Crippen LogP contribution in [-0.2, 0) is 4.79 Å². The van der Waals surface area contributed by atoms with Gasteiger partial charge in [-0.25, -0.2) is 0 Å². The first-order valence-electron chi connectivity index (χ1n) is 32.5. The molecule has 2 atom stereocenters. The molecule has 0 rings (SSSR count). The van der Waals surface area contributed by atoms with Crippen LogP contribution >= 0.6 is 0 Å². The number of carbonyl (C=O) groups excluding carboxylic acids is 1. The minimum absolute atomic E-state index is 0.0989. The third-order valence-electron chi connectivity index (χ3n) is 14.1. The number of aliphatic hydroxyl groups excluding tert-OH is 2. The molecule has 4 nitrogen and oxygen atoms in total. The van der Waals surface area contributed by atoms with Gasteiger partial charge in [-0.2, -0.15) is 0 Å². The average molecular weight is 1060 g/mol. The second-order valence-electron chi connectivity index (χ2n) is 21.5. The Morgan fingerprint density at radius 3 is 0.857 bits per heavy atom. The first-order chi connectivity index (χ1) is 38.2. The lowest BCUT2D eigenvalue weighted by molar-refractivity contribution is -0.123. The quantitative estimate of drug-likeness (QED) is 0.0420. The Morgan fingerprint density at radius 1 is 0.325 bits per heavy atom. The molecule has 0 radical (unpaired) electrons. The molecule has 2 unspecified atom stereocenters. The van der Waals surface area contributed by atoms with E-state index in [2.05, 4.69) is 153 Å². The molecule has 1 amide bonds. The summed E-state index contributed by atoms with van der Waals surface area (Å²) in [7, 11) is 0. The van der Waals surface area contributed by atoms with Gasteiger partial charge in [0.15, 0.2) is 0 Å². The van der Waals surface area contributed by atoms with Crippen LogP contribution in [0, 0.1) is 0 Å². The van der Waals surface area contributed by atoms with Crippen LogP contribution in [0.5, 0.6) is 0 Å². The van der Waals surface area contributed by atoms with Crippen molar-refractivity contribution in [3.8, 4) is 0 Å². The van der Waals surface area contributed by atoms with Crippen molar-refractivity contribution in [3.63, 3.8) is 0 Å². The van der Waals surface area contributed by atoms with Crippen molar-refractivity contribution in [3.05, 3.63) is 146 Å². The number of hydrogen-bond acceptors (Lipinski definition) is 3. The van der Waals surface area contributed by atoms with E-state index in [0.29, 0.717) is 6.42 Å². The zero-order valence-corrected chi connectivity index (χ0v) is 50.4. The first-order valence-corrected chi connectivity index (χ1v) is 32.5. The molecule has 0 aromatic rings. The Labute approximate surface area is 478 Å². The van der Waals surface area contributed by atoms with Gasteiger partial charge in [-0.3, -0.25) is 4.79 Å². The summed E-state index contributed by atoms with van der Waals surface area (Å²) in [6, 6.07) is -0.653. The van der Waals surface area contributed by atoms with Gasteiger partial charge in [0.25, 0.3) is 0 Å². The van der Waals surface area contributed by atoms with E-state index in [4.69, 9.17) is 0 Å². The molecule has 77 heavy (non-hydrogen) atoms. The van der Waals surface area contributed by atoms with Crippen molar-refractivity contribution in [1.29, 1.82) is 0 Å². The summed E-state index contributed by atoms with van der Waals surface area (Å²) >= 11 is 0. The monoisotopic (exact) mass is 1060 g/mol. The largest absolute Gasteiger partial charge is 0.394 e. The fourth-order valence-corrected chi connectivity index (χ4v) is 9.19. The number of rotatable bonds is 58. The minimum atomic E-state index is -0.866. The highest BCUT2D eigenvalue weighted by Gasteiger charge is 2.18. The fourth-order valence-electron chi connectivity index (χ4n) is 9.19. The molecule has 3 N–H and O–H groups in total. The average Bonchev–Trinajstić information content (AvgIpc) is 3.43. The van der Waals surface area contributed by atoms with E-state index in [0.717, 1.165) is 109 Å². The lowest BCUT2D eigenvalue weighted by Gasteiger charge is -2.19. The Hall–Kier alpha value is -3.73. The number of unbranched alkanes of at least 4 members (excludes halogenated alkanes) is 29. The topological polar surface area (TPSA) is 69.6 Å².